The van der Waals surface area contributed by atoms with Crippen LogP contribution in [-0.2, 0) is 6.42 Å². The Balaban J connectivity index is 2.15. The van der Waals surface area contributed by atoms with E-state index in [4.69, 9.17) is 11.6 Å². The van der Waals surface area contributed by atoms with Gasteiger partial charge in [-0.1, -0.05) is 18.5 Å². The summed E-state index contributed by atoms with van der Waals surface area (Å²) in [4.78, 5) is 13.1. The van der Waals surface area contributed by atoms with E-state index in [1.165, 1.54) is 0 Å². The van der Waals surface area contributed by atoms with Crippen molar-refractivity contribution in [2.24, 2.45) is 0 Å². The van der Waals surface area contributed by atoms with Crippen LogP contribution in [0.25, 0.3) is 21.6 Å². The molecular formula is C13H10ClN3S. The summed E-state index contributed by atoms with van der Waals surface area (Å²) in [5, 5.41) is 2.50. The standard InChI is InChI=1S/C13H10ClN3S/c1-2-9-6-12(14)17-13(16-9)8-5-11-10(15-7-8)3-4-18-11/h3-7H,2H2,1H3. The van der Waals surface area contributed by atoms with Gasteiger partial charge in [-0.3, -0.25) is 4.98 Å². The Morgan fingerprint density at radius 2 is 2.17 bits per heavy atom. The zero-order valence-corrected chi connectivity index (χ0v) is 11.3. The summed E-state index contributed by atoms with van der Waals surface area (Å²) in [6, 6.07) is 5.85. The van der Waals surface area contributed by atoms with Crippen molar-refractivity contribution >= 4 is 33.2 Å². The lowest BCUT2D eigenvalue weighted by Gasteiger charge is -2.03. The average Bonchev–Trinajstić information content (AvgIpc) is 2.85. The van der Waals surface area contributed by atoms with Crippen molar-refractivity contribution in [3.05, 3.63) is 40.6 Å². The first kappa shape index (κ1) is 11.6. The molecule has 3 nitrogen and oxygen atoms in total. The van der Waals surface area contributed by atoms with E-state index in [2.05, 4.69) is 21.0 Å². The van der Waals surface area contributed by atoms with Crippen molar-refractivity contribution < 1.29 is 0 Å². The highest BCUT2D eigenvalue weighted by molar-refractivity contribution is 7.17. The average molecular weight is 276 g/mol. The van der Waals surface area contributed by atoms with E-state index in [0.717, 1.165) is 27.9 Å². The van der Waals surface area contributed by atoms with Gasteiger partial charge in [-0.25, -0.2) is 9.97 Å². The number of aromatic nitrogens is 3. The summed E-state index contributed by atoms with van der Waals surface area (Å²) in [6.45, 7) is 2.04. The van der Waals surface area contributed by atoms with E-state index in [1.54, 1.807) is 23.6 Å². The van der Waals surface area contributed by atoms with Crippen LogP contribution < -0.4 is 0 Å². The minimum absolute atomic E-state index is 0.475. The SMILES string of the molecule is CCc1cc(Cl)nc(-c2cnc3ccsc3c2)n1. The second-order valence-electron chi connectivity index (χ2n) is 3.89. The van der Waals surface area contributed by atoms with Crippen molar-refractivity contribution in [3.8, 4) is 11.4 Å². The fraction of sp³-hybridized carbons (Fsp3) is 0.154. The maximum atomic E-state index is 6.01. The molecule has 0 amide bonds. The minimum Gasteiger partial charge on any atom is -0.255 e. The van der Waals surface area contributed by atoms with Crippen LogP contribution in [0.5, 0.6) is 0 Å². The van der Waals surface area contributed by atoms with Crippen LogP contribution in [0.4, 0.5) is 0 Å². The van der Waals surface area contributed by atoms with Crippen LogP contribution in [0, 0.1) is 0 Å². The van der Waals surface area contributed by atoms with E-state index in [9.17, 15) is 0 Å². The second-order valence-corrected chi connectivity index (χ2v) is 5.22. The van der Waals surface area contributed by atoms with Crippen LogP contribution in [0.3, 0.4) is 0 Å². The normalized spacial score (nSPS) is 11.0. The molecule has 0 aromatic carbocycles. The number of pyridine rings is 1. The van der Waals surface area contributed by atoms with Gasteiger partial charge < -0.3 is 0 Å². The third-order valence-corrected chi connectivity index (χ3v) is 3.72. The molecule has 0 bridgehead atoms. The van der Waals surface area contributed by atoms with Gasteiger partial charge in [0.15, 0.2) is 5.82 Å². The third-order valence-electron chi connectivity index (χ3n) is 2.67. The Hall–Kier alpha value is -1.52. The maximum Gasteiger partial charge on any atom is 0.162 e. The molecule has 0 saturated heterocycles. The predicted molar refractivity (Wildman–Crippen MR) is 75.0 cm³/mol. The maximum absolute atomic E-state index is 6.01. The van der Waals surface area contributed by atoms with Gasteiger partial charge in [-0.05, 0) is 30.0 Å². The van der Waals surface area contributed by atoms with E-state index < -0.39 is 0 Å². The molecule has 0 aliphatic heterocycles. The number of nitrogens with zero attached hydrogens (tertiary/aromatic N) is 3. The molecule has 0 fully saturated rings. The van der Waals surface area contributed by atoms with E-state index in [1.807, 2.05) is 18.4 Å². The number of aryl methyl sites for hydroxylation is 1. The number of hydrogen-bond donors (Lipinski definition) is 0. The van der Waals surface area contributed by atoms with E-state index in [-0.39, 0.29) is 0 Å². The van der Waals surface area contributed by atoms with Crippen LogP contribution in [0.1, 0.15) is 12.6 Å². The Labute approximate surface area is 114 Å². The Morgan fingerprint density at radius 3 is 3.00 bits per heavy atom. The first-order valence-corrected chi connectivity index (χ1v) is 6.89. The highest BCUT2D eigenvalue weighted by atomic mass is 35.5. The Morgan fingerprint density at radius 1 is 1.28 bits per heavy atom. The largest absolute Gasteiger partial charge is 0.255 e. The number of thiophene rings is 1. The molecule has 3 aromatic rings. The molecule has 3 heterocycles. The predicted octanol–water partition coefficient (Wildman–Crippen LogP) is 3.97. The fourth-order valence-corrected chi connectivity index (χ4v) is 2.73. The molecule has 0 aliphatic carbocycles. The molecule has 3 rings (SSSR count). The summed E-state index contributed by atoms with van der Waals surface area (Å²) in [5.41, 5.74) is 2.85. The van der Waals surface area contributed by atoms with Gasteiger partial charge >= 0.3 is 0 Å². The fourth-order valence-electron chi connectivity index (χ4n) is 1.74. The summed E-state index contributed by atoms with van der Waals surface area (Å²) >= 11 is 7.67. The molecule has 0 unspecified atom stereocenters. The molecule has 90 valence electrons. The van der Waals surface area contributed by atoms with Crippen LogP contribution in [-0.4, -0.2) is 15.0 Å². The van der Waals surface area contributed by atoms with Gasteiger partial charge in [0.05, 0.1) is 10.2 Å². The molecule has 0 atom stereocenters. The first-order valence-electron chi connectivity index (χ1n) is 5.63. The Bertz CT molecular complexity index is 708. The van der Waals surface area contributed by atoms with Gasteiger partial charge in [0, 0.05) is 17.5 Å². The highest BCUT2D eigenvalue weighted by Gasteiger charge is 2.07. The lowest BCUT2D eigenvalue weighted by Crippen LogP contribution is -1.95. The molecule has 0 N–H and O–H groups in total. The Kier molecular flexibility index (Phi) is 2.97. The second kappa shape index (κ2) is 4.63. The van der Waals surface area contributed by atoms with Gasteiger partial charge in [0.2, 0.25) is 0 Å². The summed E-state index contributed by atoms with van der Waals surface area (Å²) < 4.78 is 1.13. The van der Waals surface area contributed by atoms with Crippen LogP contribution >= 0.6 is 22.9 Å². The molecule has 0 radical (unpaired) electrons. The quantitative estimate of drug-likeness (QED) is 0.664. The summed E-state index contributed by atoms with van der Waals surface area (Å²) in [7, 11) is 0. The molecule has 18 heavy (non-hydrogen) atoms. The van der Waals surface area contributed by atoms with Crippen molar-refractivity contribution in [1.82, 2.24) is 15.0 Å². The smallest absolute Gasteiger partial charge is 0.162 e. The molecular weight excluding hydrogens is 266 g/mol. The molecule has 0 saturated carbocycles. The van der Waals surface area contributed by atoms with Crippen molar-refractivity contribution in [2.75, 3.05) is 0 Å². The van der Waals surface area contributed by atoms with Crippen molar-refractivity contribution in [3.63, 3.8) is 0 Å². The van der Waals surface area contributed by atoms with Gasteiger partial charge in [-0.15, -0.1) is 11.3 Å². The zero-order valence-electron chi connectivity index (χ0n) is 9.72. The van der Waals surface area contributed by atoms with E-state index in [0.29, 0.717) is 11.0 Å². The molecule has 0 spiro atoms. The monoisotopic (exact) mass is 275 g/mol. The van der Waals surface area contributed by atoms with Crippen molar-refractivity contribution in [2.45, 2.75) is 13.3 Å². The highest BCUT2D eigenvalue weighted by Crippen LogP contribution is 2.24. The van der Waals surface area contributed by atoms with Crippen LogP contribution in [0.15, 0.2) is 29.8 Å². The lowest BCUT2D eigenvalue weighted by atomic mass is 10.2. The summed E-state index contributed by atoms with van der Waals surface area (Å²) in [5.74, 6) is 0.641. The van der Waals surface area contributed by atoms with Crippen molar-refractivity contribution in [1.29, 1.82) is 0 Å². The van der Waals surface area contributed by atoms with Gasteiger partial charge in [0.25, 0.3) is 0 Å². The molecule has 3 aromatic heterocycles. The number of fused-ring (bicyclic) bond motifs is 1. The number of halogens is 1. The number of hydrogen-bond acceptors (Lipinski definition) is 4. The van der Waals surface area contributed by atoms with Crippen LogP contribution in [0.2, 0.25) is 5.15 Å². The van der Waals surface area contributed by atoms with Gasteiger partial charge in [-0.2, -0.15) is 0 Å². The summed E-state index contributed by atoms with van der Waals surface area (Å²) in [6.07, 6.45) is 2.63. The minimum atomic E-state index is 0.475. The first-order chi connectivity index (χ1) is 8.76. The topological polar surface area (TPSA) is 38.7 Å². The molecule has 0 aliphatic rings. The molecule has 5 heteroatoms. The third kappa shape index (κ3) is 2.09. The van der Waals surface area contributed by atoms with E-state index >= 15 is 0 Å². The number of rotatable bonds is 2. The van der Waals surface area contributed by atoms with Gasteiger partial charge in [0.1, 0.15) is 5.15 Å². The zero-order chi connectivity index (χ0) is 12.5. The lowest BCUT2D eigenvalue weighted by molar-refractivity contribution is 1.00.